The number of guanidine groups is 1. The number of carbonyl (C=O) groups excluding carboxylic acids is 3. The van der Waals surface area contributed by atoms with Gasteiger partial charge in [0, 0.05) is 32.7 Å². The van der Waals surface area contributed by atoms with Crippen LogP contribution < -0.4 is 10.1 Å². The van der Waals surface area contributed by atoms with Crippen molar-refractivity contribution in [2.45, 2.75) is 89.7 Å². The first-order chi connectivity index (χ1) is 22.0. The molecule has 2 N–H and O–H groups in total. The van der Waals surface area contributed by atoms with E-state index in [0.717, 1.165) is 30.0 Å². The SMILES string of the molecule is CC(C)(C)OC(=O)/N=C(/NC(=O)OC(C)(C)C)N1CCC(CN(NS(=O)(=O)c2ccc3ccccc3c2)C(=O)N2CCCCC2)CC1. The third-order valence-corrected chi connectivity index (χ3v) is 9.01. The predicted octanol–water partition coefficient (Wildman–Crippen LogP) is 5.47. The van der Waals surface area contributed by atoms with Gasteiger partial charge in [0.1, 0.15) is 11.2 Å². The molecule has 2 saturated heterocycles. The van der Waals surface area contributed by atoms with Crippen LogP contribution in [0.5, 0.6) is 0 Å². The largest absolute Gasteiger partial charge is 0.444 e. The normalized spacial score (nSPS) is 16.9. The van der Waals surface area contributed by atoms with Crippen LogP contribution in [-0.2, 0) is 19.5 Å². The second kappa shape index (κ2) is 14.9. The molecule has 0 radical (unpaired) electrons. The summed E-state index contributed by atoms with van der Waals surface area (Å²) in [5.41, 5.74) is -1.55. The molecule has 2 aliphatic rings. The molecule has 2 heterocycles. The zero-order valence-electron chi connectivity index (χ0n) is 28.2. The minimum absolute atomic E-state index is 0.00482. The lowest BCUT2D eigenvalue weighted by Crippen LogP contribution is -2.55. The van der Waals surface area contributed by atoms with Crippen LogP contribution in [0.2, 0.25) is 0 Å². The number of piperidine rings is 2. The van der Waals surface area contributed by atoms with Crippen molar-refractivity contribution < 1.29 is 32.3 Å². The van der Waals surface area contributed by atoms with Crippen molar-refractivity contribution >= 4 is 45.0 Å². The molecule has 14 heteroatoms. The average Bonchev–Trinajstić information content (AvgIpc) is 2.98. The molecule has 0 saturated carbocycles. The number of sulfonamides is 1. The quantitative estimate of drug-likeness (QED) is 0.241. The van der Waals surface area contributed by atoms with Crippen molar-refractivity contribution in [1.29, 1.82) is 0 Å². The molecule has 2 fully saturated rings. The van der Waals surface area contributed by atoms with E-state index in [1.807, 2.05) is 24.3 Å². The fraction of sp³-hybridized carbons (Fsp3) is 0.576. The Bertz CT molecular complexity index is 1570. The molecule has 0 spiro atoms. The number of amides is 4. The summed E-state index contributed by atoms with van der Waals surface area (Å²) in [6.07, 6.45) is 2.19. The van der Waals surface area contributed by atoms with Gasteiger partial charge in [0.2, 0.25) is 5.96 Å². The Hall–Kier alpha value is -3.91. The van der Waals surface area contributed by atoms with Gasteiger partial charge in [-0.2, -0.15) is 0 Å². The van der Waals surface area contributed by atoms with Gasteiger partial charge in [0.25, 0.3) is 10.0 Å². The van der Waals surface area contributed by atoms with Crippen molar-refractivity contribution in [3.05, 3.63) is 42.5 Å². The molecular formula is C33H48N6O7S. The molecule has 0 bridgehead atoms. The Balaban J connectivity index is 1.50. The highest BCUT2D eigenvalue weighted by atomic mass is 32.2. The summed E-state index contributed by atoms with van der Waals surface area (Å²) in [5.74, 6) is -0.0752. The van der Waals surface area contributed by atoms with E-state index in [2.05, 4.69) is 15.1 Å². The maximum absolute atomic E-state index is 13.7. The minimum atomic E-state index is -4.08. The van der Waals surface area contributed by atoms with Crippen molar-refractivity contribution in [3.63, 3.8) is 0 Å². The van der Waals surface area contributed by atoms with Crippen LogP contribution in [0.1, 0.15) is 73.6 Å². The molecular weight excluding hydrogens is 624 g/mol. The Morgan fingerprint density at radius 1 is 0.851 bits per heavy atom. The highest BCUT2D eigenvalue weighted by Crippen LogP contribution is 2.23. The average molecular weight is 673 g/mol. The first-order valence-electron chi connectivity index (χ1n) is 16.1. The lowest BCUT2D eigenvalue weighted by Gasteiger charge is -2.38. The number of alkyl carbamates (subject to hydrolysis) is 1. The number of likely N-dealkylation sites (tertiary alicyclic amines) is 2. The molecule has 258 valence electrons. The van der Waals surface area contributed by atoms with Crippen LogP contribution in [0.25, 0.3) is 10.8 Å². The topological polar surface area (TPSA) is 150 Å². The maximum atomic E-state index is 13.7. The smallest absolute Gasteiger partial charge is 0.437 e. The summed E-state index contributed by atoms with van der Waals surface area (Å²) < 4.78 is 38.0. The van der Waals surface area contributed by atoms with Crippen molar-refractivity contribution in [3.8, 4) is 0 Å². The van der Waals surface area contributed by atoms with E-state index in [4.69, 9.17) is 9.47 Å². The summed E-state index contributed by atoms with van der Waals surface area (Å²) in [6, 6.07) is 12.0. The van der Waals surface area contributed by atoms with Crippen molar-refractivity contribution in [2.24, 2.45) is 10.9 Å². The molecule has 4 rings (SSSR count). The number of hydrogen-bond acceptors (Lipinski definition) is 7. The summed E-state index contributed by atoms with van der Waals surface area (Å²) >= 11 is 0. The Morgan fingerprint density at radius 3 is 2.09 bits per heavy atom. The number of hydrazine groups is 1. The van der Waals surface area contributed by atoms with Gasteiger partial charge in [-0.3, -0.25) is 5.32 Å². The van der Waals surface area contributed by atoms with Crippen LogP contribution in [0.3, 0.4) is 0 Å². The molecule has 0 aromatic heterocycles. The molecule has 2 aliphatic heterocycles. The number of benzene rings is 2. The number of ether oxygens (including phenoxy) is 2. The number of nitrogens with one attached hydrogen (secondary N) is 2. The number of hydrogen-bond donors (Lipinski definition) is 2. The van der Waals surface area contributed by atoms with Gasteiger partial charge in [0.05, 0.1) is 4.90 Å². The van der Waals surface area contributed by atoms with Crippen LogP contribution in [0, 0.1) is 5.92 Å². The van der Waals surface area contributed by atoms with E-state index >= 15 is 0 Å². The Kier molecular flexibility index (Phi) is 11.4. The molecule has 2 aromatic carbocycles. The van der Waals surface area contributed by atoms with Gasteiger partial charge in [-0.05, 0) is 102 Å². The van der Waals surface area contributed by atoms with E-state index < -0.39 is 33.4 Å². The standard InChI is InChI=1S/C33H48N6O7S/c1-32(2,3)45-29(40)34-28(35-30(41)46-33(4,5)6)37-20-16-24(17-21-37)23-39(31(42)38-18-10-7-11-19-38)36-47(43,44)27-15-14-25-12-8-9-13-26(25)22-27/h8-9,12-15,22,24,36H,7,10-11,16-21,23H2,1-6H3,(H,34,35,40,41). The second-order valence-electron chi connectivity index (χ2n) is 14.0. The van der Waals surface area contributed by atoms with E-state index in [0.29, 0.717) is 39.0 Å². The summed E-state index contributed by atoms with van der Waals surface area (Å²) in [4.78, 5) is 49.1. The summed E-state index contributed by atoms with van der Waals surface area (Å²) in [7, 11) is -4.08. The number of rotatable bonds is 5. The first kappa shape index (κ1) is 35.9. The molecule has 47 heavy (non-hydrogen) atoms. The van der Waals surface area contributed by atoms with Gasteiger partial charge < -0.3 is 19.3 Å². The Morgan fingerprint density at radius 2 is 1.47 bits per heavy atom. The fourth-order valence-electron chi connectivity index (χ4n) is 5.47. The summed E-state index contributed by atoms with van der Waals surface area (Å²) in [6.45, 7) is 12.4. The molecule has 0 aliphatic carbocycles. The number of nitrogens with zero attached hydrogens (tertiary/aromatic N) is 4. The minimum Gasteiger partial charge on any atom is -0.444 e. The highest BCUT2D eigenvalue weighted by Gasteiger charge is 2.32. The molecule has 4 amide bonds. The zero-order valence-corrected chi connectivity index (χ0v) is 29.1. The number of urea groups is 1. The van der Waals surface area contributed by atoms with Gasteiger partial charge in [-0.25, -0.2) is 27.8 Å². The second-order valence-corrected chi connectivity index (χ2v) is 15.7. The molecule has 13 nitrogen and oxygen atoms in total. The van der Waals surface area contributed by atoms with Gasteiger partial charge in [0.15, 0.2) is 0 Å². The maximum Gasteiger partial charge on any atom is 0.437 e. The zero-order chi connectivity index (χ0) is 34.4. The van der Waals surface area contributed by atoms with Gasteiger partial charge >= 0.3 is 18.2 Å². The van der Waals surface area contributed by atoms with Gasteiger partial charge in [-0.15, -0.1) is 9.82 Å². The fourth-order valence-corrected chi connectivity index (χ4v) is 6.55. The third kappa shape index (κ3) is 10.8. The van der Waals surface area contributed by atoms with Gasteiger partial charge in [-0.1, -0.05) is 30.3 Å². The lowest BCUT2D eigenvalue weighted by molar-refractivity contribution is 0.0551. The van der Waals surface area contributed by atoms with E-state index in [9.17, 15) is 22.8 Å². The third-order valence-electron chi connectivity index (χ3n) is 7.68. The summed E-state index contributed by atoms with van der Waals surface area (Å²) in [5, 5.41) is 5.51. The highest BCUT2D eigenvalue weighted by molar-refractivity contribution is 7.89. The number of fused-ring (bicyclic) bond motifs is 1. The monoisotopic (exact) mass is 672 g/mol. The number of aliphatic imine (C=N–C) groups is 1. The van der Waals surface area contributed by atoms with Crippen LogP contribution >= 0.6 is 0 Å². The van der Waals surface area contributed by atoms with E-state index in [1.54, 1.807) is 63.5 Å². The van der Waals surface area contributed by atoms with E-state index in [1.165, 1.54) is 11.1 Å². The molecule has 2 aromatic rings. The van der Waals surface area contributed by atoms with Crippen molar-refractivity contribution in [2.75, 3.05) is 32.7 Å². The number of carbonyl (C=O) groups is 3. The first-order valence-corrected chi connectivity index (χ1v) is 17.6. The van der Waals surface area contributed by atoms with Crippen LogP contribution in [0.15, 0.2) is 52.4 Å². The Labute approximate surface area is 277 Å². The lowest BCUT2D eigenvalue weighted by atomic mass is 9.97. The molecule has 0 atom stereocenters. The van der Waals surface area contributed by atoms with Crippen LogP contribution in [0.4, 0.5) is 14.4 Å². The predicted molar refractivity (Wildman–Crippen MR) is 179 cm³/mol. The molecule has 0 unspecified atom stereocenters. The van der Waals surface area contributed by atoms with E-state index in [-0.39, 0.29) is 29.3 Å². The van der Waals surface area contributed by atoms with Crippen LogP contribution in [-0.4, -0.2) is 91.3 Å². The van der Waals surface area contributed by atoms with Crippen molar-refractivity contribution in [1.82, 2.24) is 25.0 Å².